The molecule has 9 unspecified atom stereocenters. The number of ketones is 1. The molecule has 9 atom stereocenters. The van der Waals surface area contributed by atoms with Gasteiger partial charge in [0, 0.05) is 5.92 Å². The van der Waals surface area contributed by atoms with Crippen LogP contribution in [0.15, 0.2) is 0 Å². The molecule has 3 aliphatic rings. The van der Waals surface area contributed by atoms with Crippen molar-refractivity contribution in [3.63, 3.8) is 0 Å². The highest BCUT2D eigenvalue weighted by Crippen LogP contribution is 2.62. The van der Waals surface area contributed by atoms with Gasteiger partial charge in [0.1, 0.15) is 17.9 Å². The standard InChI is InChI=1S/C27H47NO3/c1-8-26(6)22(18(5)29)11-12-23(26)21-10-9-19-15-20(13-14-27(19,7)17(21)4)31-25(30)24(28)16(2)3/h16-17,19-24H,8-15,28H2,1-7H3. The van der Waals surface area contributed by atoms with E-state index in [0.29, 0.717) is 34.9 Å². The van der Waals surface area contributed by atoms with E-state index in [0.717, 1.165) is 32.1 Å². The first kappa shape index (κ1) is 24.7. The maximum Gasteiger partial charge on any atom is 0.323 e. The van der Waals surface area contributed by atoms with Crippen LogP contribution < -0.4 is 5.73 Å². The molecule has 0 saturated heterocycles. The van der Waals surface area contributed by atoms with Crippen LogP contribution in [-0.2, 0) is 14.3 Å². The molecule has 0 heterocycles. The Morgan fingerprint density at radius 3 is 2.35 bits per heavy atom. The molecule has 0 bridgehead atoms. The number of ether oxygens (including phenoxy) is 1. The summed E-state index contributed by atoms with van der Waals surface area (Å²) in [5, 5.41) is 0. The zero-order valence-corrected chi connectivity index (χ0v) is 21.1. The Morgan fingerprint density at radius 1 is 1.10 bits per heavy atom. The van der Waals surface area contributed by atoms with Crippen LogP contribution in [0.25, 0.3) is 0 Å². The van der Waals surface area contributed by atoms with Crippen molar-refractivity contribution < 1.29 is 14.3 Å². The summed E-state index contributed by atoms with van der Waals surface area (Å²) in [5.41, 5.74) is 6.46. The van der Waals surface area contributed by atoms with Crippen LogP contribution >= 0.6 is 0 Å². The summed E-state index contributed by atoms with van der Waals surface area (Å²) in [4.78, 5) is 24.8. The Balaban J connectivity index is 1.70. The number of hydrogen-bond donors (Lipinski definition) is 1. The third-order valence-corrected chi connectivity index (χ3v) is 10.5. The van der Waals surface area contributed by atoms with Gasteiger partial charge >= 0.3 is 5.97 Å². The Hall–Kier alpha value is -0.900. The summed E-state index contributed by atoms with van der Waals surface area (Å²) >= 11 is 0. The number of nitrogens with two attached hydrogens (primary N) is 1. The summed E-state index contributed by atoms with van der Waals surface area (Å²) < 4.78 is 5.86. The van der Waals surface area contributed by atoms with Gasteiger partial charge in [-0.05, 0) is 98.7 Å². The number of rotatable bonds is 6. The molecule has 3 rings (SSSR count). The van der Waals surface area contributed by atoms with Crippen LogP contribution in [-0.4, -0.2) is 23.9 Å². The Morgan fingerprint density at radius 2 is 1.77 bits per heavy atom. The van der Waals surface area contributed by atoms with Crippen LogP contribution in [0.2, 0.25) is 0 Å². The fourth-order valence-electron chi connectivity index (χ4n) is 7.88. The molecule has 0 radical (unpaired) electrons. The second-order valence-corrected chi connectivity index (χ2v) is 12.0. The monoisotopic (exact) mass is 433 g/mol. The molecule has 0 aromatic heterocycles. The van der Waals surface area contributed by atoms with E-state index >= 15 is 0 Å². The fraction of sp³-hybridized carbons (Fsp3) is 0.926. The number of Topliss-reactive ketones (excluding diaryl/α,β-unsaturated/α-hetero) is 1. The van der Waals surface area contributed by atoms with Crippen molar-refractivity contribution in [3.05, 3.63) is 0 Å². The van der Waals surface area contributed by atoms with E-state index in [1.807, 2.05) is 13.8 Å². The molecule has 0 aromatic carbocycles. The smallest absolute Gasteiger partial charge is 0.323 e. The van der Waals surface area contributed by atoms with E-state index in [1.54, 1.807) is 6.92 Å². The molecule has 31 heavy (non-hydrogen) atoms. The lowest BCUT2D eigenvalue weighted by molar-refractivity contribution is -0.160. The highest BCUT2D eigenvalue weighted by atomic mass is 16.5. The molecule has 0 spiro atoms. The van der Waals surface area contributed by atoms with Gasteiger partial charge < -0.3 is 10.5 Å². The van der Waals surface area contributed by atoms with Crippen molar-refractivity contribution in [2.24, 2.45) is 52.1 Å². The maximum absolute atomic E-state index is 12.4. The van der Waals surface area contributed by atoms with Crippen LogP contribution in [0, 0.1) is 46.3 Å². The lowest BCUT2D eigenvalue weighted by atomic mass is 9.49. The van der Waals surface area contributed by atoms with Gasteiger partial charge in [-0.3, -0.25) is 9.59 Å². The molecule has 3 fully saturated rings. The Kier molecular flexibility index (Phi) is 7.30. The number of carbonyl (C=O) groups is 2. The van der Waals surface area contributed by atoms with Gasteiger partial charge in [-0.1, -0.05) is 41.5 Å². The van der Waals surface area contributed by atoms with Crippen LogP contribution in [0.4, 0.5) is 0 Å². The third-order valence-electron chi connectivity index (χ3n) is 10.5. The summed E-state index contributed by atoms with van der Waals surface area (Å²) in [6.07, 6.45) is 8.92. The number of fused-ring (bicyclic) bond motifs is 1. The summed E-state index contributed by atoms with van der Waals surface area (Å²) in [6.45, 7) is 15.4. The lowest BCUT2D eigenvalue weighted by Gasteiger charge is -2.56. The van der Waals surface area contributed by atoms with Gasteiger partial charge in [-0.15, -0.1) is 0 Å². The second-order valence-electron chi connectivity index (χ2n) is 12.0. The van der Waals surface area contributed by atoms with E-state index in [4.69, 9.17) is 10.5 Å². The zero-order valence-electron chi connectivity index (χ0n) is 21.1. The first-order chi connectivity index (χ1) is 14.5. The minimum atomic E-state index is -0.522. The first-order valence-electron chi connectivity index (χ1n) is 12.9. The molecule has 0 aromatic rings. The molecule has 3 aliphatic carbocycles. The molecule has 2 N–H and O–H groups in total. The third kappa shape index (κ3) is 4.35. The molecule has 3 saturated carbocycles. The summed E-state index contributed by atoms with van der Waals surface area (Å²) in [7, 11) is 0. The van der Waals surface area contributed by atoms with Crippen molar-refractivity contribution >= 4 is 11.8 Å². The molecule has 4 heteroatoms. The van der Waals surface area contributed by atoms with Crippen molar-refractivity contribution in [1.82, 2.24) is 0 Å². The van der Waals surface area contributed by atoms with Gasteiger partial charge in [-0.25, -0.2) is 0 Å². The van der Waals surface area contributed by atoms with Crippen molar-refractivity contribution in [2.75, 3.05) is 0 Å². The SMILES string of the molecule is CCC1(C)C(C(C)=O)CCC1C1CCC2CC(OC(=O)C(N)C(C)C)CCC2(C)C1C. The normalized spacial score (nSPS) is 44.0. The van der Waals surface area contributed by atoms with Crippen molar-refractivity contribution in [3.8, 4) is 0 Å². The van der Waals surface area contributed by atoms with E-state index in [2.05, 4.69) is 27.7 Å². The van der Waals surface area contributed by atoms with Gasteiger partial charge in [0.05, 0.1) is 0 Å². The quantitative estimate of drug-likeness (QED) is 0.540. The van der Waals surface area contributed by atoms with E-state index < -0.39 is 6.04 Å². The predicted octanol–water partition coefficient (Wildman–Crippen LogP) is 5.77. The number of esters is 1. The Bertz CT molecular complexity index is 675. The molecule has 178 valence electrons. The molecule has 4 nitrogen and oxygen atoms in total. The predicted molar refractivity (Wildman–Crippen MR) is 125 cm³/mol. The summed E-state index contributed by atoms with van der Waals surface area (Å²) in [6, 6.07) is -0.522. The van der Waals surface area contributed by atoms with Crippen molar-refractivity contribution in [2.45, 2.75) is 112 Å². The highest BCUT2D eigenvalue weighted by molar-refractivity contribution is 5.79. The zero-order chi connectivity index (χ0) is 23.1. The van der Waals surface area contributed by atoms with Crippen LogP contribution in [0.1, 0.15) is 99.8 Å². The summed E-state index contributed by atoms with van der Waals surface area (Å²) in [5.74, 6) is 3.10. The van der Waals surface area contributed by atoms with E-state index in [-0.39, 0.29) is 29.3 Å². The average Bonchev–Trinajstić information content (AvgIpc) is 3.06. The van der Waals surface area contributed by atoms with Gasteiger partial charge in [0.25, 0.3) is 0 Å². The van der Waals surface area contributed by atoms with Crippen molar-refractivity contribution in [1.29, 1.82) is 0 Å². The number of hydrogen-bond acceptors (Lipinski definition) is 4. The van der Waals surface area contributed by atoms with Gasteiger partial charge in [0.2, 0.25) is 0 Å². The minimum Gasteiger partial charge on any atom is -0.461 e. The van der Waals surface area contributed by atoms with Gasteiger partial charge in [0.15, 0.2) is 0 Å². The Labute approximate surface area is 190 Å². The molecule has 0 aliphatic heterocycles. The van der Waals surface area contributed by atoms with E-state index in [9.17, 15) is 9.59 Å². The molecular formula is C27H47NO3. The largest absolute Gasteiger partial charge is 0.461 e. The topological polar surface area (TPSA) is 69.4 Å². The maximum atomic E-state index is 12.4. The first-order valence-corrected chi connectivity index (χ1v) is 12.9. The van der Waals surface area contributed by atoms with E-state index in [1.165, 1.54) is 19.3 Å². The van der Waals surface area contributed by atoms with Crippen LogP contribution in [0.3, 0.4) is 0 Å². The fourth-order valence-corrected chi connectivity index (χ4v) is 7.88. The molecular weight excluding hydrogens is 386 g/mol. The van der Waals surface area contributed by atoms with Gasteiger partial charge in [-0.2, -0.15) is 0 Å². The highest BCUT2D eigenvalue weighted by Gasteiger charge is 2.56. The minimum absolute atomic E-state index is 0.0219. The molecule has 0 amide bonds. The second kappa shape index (κ2) is 9.15. The number of carbonyl (C=O) groups excluding carboxylic acids is 2. The van der Waals surface area contributed by atoms with Crippen LogP contribution in [0.5, 0.6) is 0 Å². The lowest BCUT2D eigenvalue weighted by Crippen LogP contribution is -2.51. The average molecular weight is 434 g/mol.